The van der Waals surface area contributed by atoms with Gasteiger partial charge in [-0.2, -0.15) is 0 Å². The minimum absolute atomic E-state index is 0.318. The molecule has 3 rings (SSSR count). The summed E-state index contributed by atoms with van der Waals surface area (Å²) in [6.45, 7) is 0.547. The Balaban J connectivity index is 2.13. The van der Waals surface area contributed by atoms with Gasteiger partial charge in [0.2, 0.25) is 0 Å². The fourth-order valence-corrected chi connectivity index (χ4v) is 2.77. The van der Waals surface area contributed by atoms with Crippen LogP contribution in [0.2, 0.25) is 5.02 Å². The lowest BCUT2D eigenvalue weighted by Gasteiger charge is -2.10. The Bertz CT molecular complexity index is 783. The van der Waals surface area contributed by atoms with Gasteiger partial charge in [0, 0.05) is 17.3 Å². The lowest BCUT2D eigenvalue weighted by molar-refractivity contribution is 0.637. The molecule has 0 unspecified atom stereocenters. The number of imidazole rings is 1. The summed E-state index contributed by atoms with van der Waals surface area (Å²) in [5, 5.41) is 0.688. The van der Waals surface area contributed by atoms with Gasteiger partial charge in [0.15, 0.2) is 5.82 Å². The first-order chi connectivity index (χ1) is 10.2. The van der Waals surface area contributed by atoms with Crippen LogP contribution in [0.5, 0.6) is 0 Å². The summed E-state index contributed by atoms with van der Waals surface area (Å²) >= 11 is 12.1. The van der Waals surface area contributed by atoms with Crippen LogP contribution in [-0.2, 0) is 13.0 Å². The number of fused-ring (bicyclic) bond motifs is 1. The number of alkyl halides is 1. The number of rotatable bonds is 4. The van der Waals surface area contributed by atoms with Gasteiger partial charge in [-0.15, -0.1) is 11.6 Å². The SMILES string of the molecule is Fc1cccc2c1nc(CCCl)n2Cc1ccccc1Cl. The Morgan fingerprint density at radius 2 is 1.90 bits per heavy atom. The minimum Gasteiger partial charge on any atom is -0.323 e. The van der Waals surface area contributed by atoms with Gasteiger partial charge in [-0.05, 0) is 23.8 Å². The van der Waals surface area contributed by atoms with E-state index in [4.69, 9.17) is 23.2 Å². The zero-order valence-electron chi connectivity index (χ0n) is 11.2. The molecule has 0 aliphatic rings. The summed E-state index contributed by atoms with van der Waals surface area (Å²) in [5.41, 5.74) is 2.11. The Morgan fingerprint density at radius 1 is 1.10 bits per heavy atom. The zero-order valence-corrected chi connectivity index (χ0v) is 12.7. The number of hydrogen-bond acceptors (Lipinski definition) is 1. The maximum atomic E-state index is 13.9. The van der Waals surface area contributed by atoms with Crippen molar-refractivity contribution in [2.24, 2.45) is 0 Å². The summed E-state index contributed by atoms with van der Waals surface area (Å²) < 4.78 is 15.9. The first kappa shape index (κ1) is 14.4. The van der Waals surface area contributed by atoms with Crippen LogP contribution < -0.4 is 0 Å². The smallest absolute Gasteiger partial charge is 0.151 e. The average molecular weight is 323 g/mol. The van der Waals surface area contributed by atoms with Crippen molar-refractivity contribution < 1.29 is 4.39 Å². The van der Waals surface area contributed by atoms with Gasteiger partial charge < -0.3 is 4.57 Å². The molecule has 2 aromatic carbocycles. The molecule has 0 radical (unpaired) electrons. The molecule has 0 aliphatic carbocycles. The van der Waals surface area contributed by atoms with Gasteiger partial charge in [-0.25, -0.2) is 9.37 Å². The van der Waals surface area contributed by atoms with Crippen LogP contribution in [0.15, 0.2) is 42.5 Å². The van der Waals surface area contributed by atoms with Crippen molar-refractivity contribution in [3.8, 4) is 0 Å². The van der Waals surface area contributed by atoms with E-state index in [0.717, 1.165) is 16.9 Å². The van der Waals surface area contributed by atoms with Crippen LogP contribution >= 0.6 is 23.2 Å². The molecular weight excluding hydrogens is 310 g/mol. The highest BCUT2D eigenvalue weighted by molar-refractivity contribution is 6.31. The largest absolute Gasteiger partial charge is 0.323 e. The fourth-order valence-electron chi connectivity index (χ4n) is 2.41. The quantitative estimate of drug-likeness (QED) is 0.639. The van der Waals surface area contributed by atoms with E-state index >= 15 is 0 Å². The molecule has 108 valence electrons. The lowest BCUT2D eigenvalue weighted by atomic mass is 10.2. The van der Waals surface area contributed by atoms with Crippen molar-refractivity contribution in [2.75, 3.05) is 5.88 Å². The second-order valence-electron chi connectivity index (χ2n) is 4.75. The third kappa shape index (κ3) is 2.76. The van der Waals surface area contributed by atoms with Crippen LogP contribution in [0, 0.1) is 5.82 Å². The monoisotopic (exact) mass is 322 g/mol. The zero-order chi connectivity index (χ0) is 14.8. The van der Waals surface area contributed by atoms with Crippen molar-refractivity contribution in [1.82, 2.24) is 9.55 Å². The standard InChI is InChI=1S/C16H13Cl2FN2/c17-9-8-15-20-16-13(19)6-3-7-14(16)21(15)10-11-4-1-2-5-12(11)18/h1-7H,8-10H2. The van der Waals surface area contributed by atoms with Crippen LogP contribution in [0.3, 0.4) is 0 Å². The van der Waals surface area contributed by atoms with E-state index in [1.54, 1.807) is 6.07 Å². The number of nitrogens with zero attached hydrogens (tertiary/aromatic N) is 2. The van der Waals surface area contributed by atoms with Crippen molar-refractivity contribution in [3.63, 3.8) is 0 Å². The predicted octanol–water partition coefficient (Wildman–Crippen LogP) is 4.66. The Labute approximate surface area is 132 Å². The molecular formula is C16H13Cl2FN2. The number of para-hydroxylation sites is 1. The summed E-state index contributed by atoms with van der Waals surface area (Å²) in [7, 11) is 0. The van der Waals surface area contributed by atoms with Crippen LogP contribution in [0.25, 0.3) is 11.0 Å². The molecule has 0 saturated heterocycles. The van der Waals surface area contributed by atoms with Gasteiger partial charge in [0.1, 0.15) is 11.3 Å². The molecule has 2 nitrogen and oxygen atoms in total. The molecule has 1 aromatic heterocycles. The summed E-state index contributed by atoms with van der Waals surface area (Å²) in [6, 6.07) is 12.6. The van der Waals surface area contributed by atoms with E-state index in [1.165, 1.54) is 6.07 Å². The van der Waals surface area contributed by atoms with E-state index in [-0.39, 0.29) is 5.82 Å². The minimum atomic E-state index is -0.318. The van der Waals surface area contributed by atoms with Gasteiger partial charge in [-0.3, -0.25) is 0 Å². The molecule has 0 fully saturated rings. The number of aromatic nitrogens is 2. The molecule has 0 spiro atoms. The summed E-state index contributed by atoms with van der Waals surface area (Å²) in [4.78, 5) is 4.39. The maximum absolute atomic E-state index is 13.9. The first-order valence-electron chi connectivity index (χ1n) is 6.63. The van der Waals surface area contributed by atoms with Gasteiger partial charge in [0.05, 0.1) is 12.1 Å². The van der Waals surface area contributed by atoms with Crippen molar-refractivity contribution in [1.29, 1.82) is 0 Å². The Hall–Kier alpha value is -1.58. The topological polar surface area (TPSA) is 17.8 Å². The second kappa shape index (κ2) is 6.04. The predicted molar refractivity (Wildman–Crippen MR) is 84.7 cm³/mol. The van der Waals surface area contributed by atoms with E-state index in [9.17, 15) is 4.39 Å². The Kier molecular flexibility index (Phi) is 4.13. The van der Waals surface area contributed by atoms with Crippen LogP contribution in [0.4, 0.5) is 4.39 Å². The maximum Gasteiger partial charge on any atom is 0.151 e. The molecule has 0 amide bonds. The first-order valence-corrected chi connectivity index (χ1v) is 7.55. The number of benzene rings is 2. The van der Waals surface area contributed by atoms with E-state index < -0.39 is 0 Å². The summed E-state index contributed by atoms with van der Waals surface area (Å²) in [6.07, 6.45) is 0.583. The van der Waals surface area contributed by atoms with Crippen molar-refractivity contribution in [3.05, 3.63) is 64.7 Å². The van der Waals surface area contributed by atoms with E-state index in [0.29, 0.717) is 29.4 Å². The average Bonchev–Trinajstić information content (AvgIpc) is 2.82. The van der Waals surface area contributed by atoms with Gasteiger partial charge in [0.25, 0.3) is 0 Å². The molecule has 5 heteroatoms. The van der Waals surface area contributed by atoms with E-state index in [2.05, 4.69) is 4.98 Å². The molecule has 21 heavy (non-hydrogen) atoms. The highest BCUT2D eigenvalue weighted by atomic mass is 35.5. The Morgan fingerprint density at radius 3 is 2.67 bits per heavy atom. The van der Waals surface area contributed by atoms with Crippen molar-refractivity contribution in [2.45, 2.75) is 13.0 Å². The molecule has 0 saturated carbocycles. The highest BCUT2D eigenvalue weighted by Gasteiger charge is 2.14. The fraction of sp³-hybridized carbons (Fsp3) is 0.188. The molecule has 0 atom stereocenters. The lowest BCUT2D eigenvalue weighted by Crippen LogP contribution is -2.06. The highest BCUT2D eigenvalue weighted by Crippen LogP contribution is 2.23. The molecule has 1 heterocycles. The van der Waals surface area contributed by atoms with Crippen LogP contribution in [0.1, 0.15) is 11.4 Å². The number of halogens is 3. The van der Waals surface area contributed by atoms with Crippen molar-refractivity contribution >= 4 is 34.2 Å². The van der Waals surface area contributed by atoms with Gasteiger partial charge >= 0.3 is 0 Å². The normalized spacial score (nSPS) is 11.2. The molecule has 0 N–H and O–H groups in total. The summed E-state index contributed by atoms with van der Waals surface area (Å²) in [5.74, 6) is 0.888. The second-order valence-corrected chi connectivity index (χ2v) is 5.54. The molecule has 0 aliphatic heterocycles. The van der Waals surface area contributed by atoms with E-state index in [1.807, 2.05) is 34.9 Å². The van der Waals surface area contributed by atoms with Crippen LogP contribution in [-0.4, -0.2) is 15.4 Å². The molecule has 3 aromatic rings. The molecule has 0 bridgehead atoms. The van der Waals surface area contributed by atoms with Gasteiger partial charge in [-0.1, -0.05) is 35.9 Å². The number of aryl methyl sites for hydroxylation is 1. The number of hydrogen-bond donors (Lipinski definition) is 0. The third-order valence-electron chi connectivity index (χ3n) is 3.41. The third-order valence-corrected chi connectivity index (χ3v) is 3.97.